The average Bonchev–Trinajstić information content (AvgIpc) is 2.16. The molecule has 2 nitrogen and oxygen atoms in total. The Morgan fingerprint density at radius 1 is 1.42 bits per heavy atom. The van der Waals surface area contributed by atoms with Crippen molar-refractivity contribution in [2.45, 2.75) is 25.7 Å². The summed E-state index contributed by atoms with van der Waals surface area (Å²) in [6.07, 6.45) is 4.69. The lowest BCUT2D eigenvalue weighted by Gasteiger charge is -2.31. The van der Waals surface area contributed by atoms with Gasteiger partial charge in [-0.3, -0.25) is 0 Å². The minimum atomic E-state index is -0.118. The van der Waals surface area contributed by atoms with Crippen LogP contribution in [0.2, 0.25) is 0 Å². The number of carbonyl (C=O) groups is 1. The van der Waals surface area contributed by atoms with E-state index in [0.717, 1.165) is 45.2 Å². The third-order valence-electron chi connectivity index (χ3n) is 2.55. The summed E-state index contributed by atoms with van der Waals surface area (Å²) in [5, 5.41) is 0. The molecule has 0 saturated carbocycles. The number of rotatable bonds is 4. The fraction of sp³-hybridized carbons (Fsp3) is 0.889. The van der Waals surface area contributed by atoms with Gasteiger partial charge in [0.15, 0.2) is 0 Å². The van der Waals surface area contributed by atoms with E-state index in [-0.39, 0.29) is 5.41 Å². The van der Waals surface area contributed by atoms with Crippen LogP contribution in [-0.4, -0.2) is 25.4 Å². The molecule has 0 aromatic heterocycles. The van der Waals surface area contributed by atoms with Crippen molar-refractivity contribution in [3.8, 4) is 0 Å². The van der Waals surface area contributed by atoms with E-state index in [2.05, 4.69) is 0 Å². The van der Waals surface area contributed by atoms with Crippen molar-refractivity contribution in [2.24, 2.45) is 5.41 Å². The van der Waals surface area contributed by atoms with Gasteiger partial charge in [0.1, 0.15) is 6.29 Å². The Labute approximate surface area is 78.2 Å². The summed E-state index contributed by atoms with van der Waals surface area (Å²) in [6, 6.07) is 0. The molecule has 0 bridgehead atoms. The number of halogens is 1. The van der Waals surface area contributed by atoms with Gasteiger partial charge in [-0.1, -0.05) is 0 Å². The molecule has 1 fully saturated rings. The minimum absolute atomic E-state index is 0.118. The summed E-state index contributed by atoms with van der Waals surface area (Å²) in [5.74, 6) is 0.649. The first kappa shape index (κ1) is 10.0. The van der Waals surface area contributed by atoms with Crippen LogP contribution in [0.25, 0.3) is 0 Å². The number of hydrogen-bond acceptors (Lipinski definition) is 2. The van der Waals surface area contributed by atoms with Crippen LogP contribution in [0.4, 0.5) is 0 Å². The van der Waals surface area contributed by atoms with Crippen LogP contribution in [0.3, 0.4) is 0 Å². The van der Waals surface area contributed by atoms with Gasteiger partial charge in [0.2, 0.25) is 0 Å². The summed E-state index contributed by atoms with van der Waals surface area (Å²) >= 11 is 5.59. The molecule has 0 radical (unpaired) electrons. The van der Waals surface area contributed by atoms with E-state index in [0.29, 0.717) is 5.88 Å². The lowest BCUT2D eigenvalue weighted by molar-refractivity contribution is -0.121. The maximum Gasteiger partial charge on any atom is 0.126 e. The standard InChI is InChI=1S/C9H15ClO2/c10-5-1-2-9(8-11)3-6-12-7-4-9/h8H,1-7H2. The predicted molar refractivity (Wildman–Crippen MR) is 48.5 cm³/mol. The average molecular weight is 191 g/mol. The molecule has 0 spiro atoms. The Morgan fingerprint density at radius 3 is 2.58 bits per heavy atom. The Hall–Kier alpha value is -0.0800. The number of ether oxygens (including phenoxy) is 1. The second kappa shape index (κ2) is 4.83. The molecule has 12 heavy (non-hydrogen) atoms. The summed E-state index contributed by atoms with van der Waals surface area (Å²) < 4.78 is 5.21. The molecule has 0 N–H and O–H groups in total. The van der Waals surface area contributed by atoms with Crippen molar-refractivity contribution < 1.29 is 9.53 Å². The van der Waals surface area contributed by atoms with Gasteiger partial charge in [0, 0.05) is 24.5 Å². The van der Waals surface area contributed by atoms with Gasteiger partial charge >= 0.3 is 0 Å². The van der Waals surface area contributed by atoms with Crippen molar-refractivity contribution in [3.63, 3.8) is 0 Å². The lowest BCUT2D eigenvalue weighted by Crippen LogP contribution is -2.31. The summed E-state index contributed by atoms with van der Waals surface area (Å²) in [6.45, 7) is 1.45. The van der Waals surface area contributed by atoms with E-state index < -0.39 is 0 Å². The smallest absolute Gasteiger partial charge is 0.126 e. The number of hydrogen-bond donors (Lipinski definition) is 0. The van der Waals surface area contributed by atoms with Crippen LogP contribution < -0.4 is 0 Å². The Morgan fingerprint density at radius 2 is 2.08 bits per heavy atom. The number of carbonyl (C=O) groups excluding carboxylic acids is 1. The molecule has 0 aromatic rings. The fourth-order valence-electron chi connectivity index (χ4n) is 1.62. The second-order valence-corrected chi connectivity index (χ2v) is 3.76. The first-order valence-corrected chi connectivity index (χ1v) is 4.96. The molecule has 70 valence electrons. The van der Waals surface area contributed by atoms with Crippen LogP contribution in [0.1, 0.15) is 25.7 Å². The fourth-order valence-corrected chi connectivity index (χ4v) is 1.76. The second-order valence-electron chi connectivity index (χ2n) is 3.39. The highest BCUT2D eigenvalue weighted by atomic mass is 35.5. The van der Waals surface area contributed by atoms with Crippen LogP contribution >= 0.6 is 11.6 Å². The van der Waals surface area contributed by atoms with Crippen LogP contribution in [0, 0.1) is 5.41 Å². The molecule has 3 heteroatoms. The van der Waals surface area contributed by atoms with Crippen LogP contribution in [-0.2, 0) is 9.53 Å². The van der Waals surface area contributed by atoms with E-state index in [1.54, 1.807) is 0 Å². The minimum Gasteiger partial charge on any atom is -0.381 e. The molecular formula is C9H15ClO2. The monoisotopic (exact) mass is 190 g/mol. The summed E-state index contributed by atoms with van der Waals surface area (Å²) in [4.78, 5) is 10.9. The molecule has 0 aliphatic carbocycles. The highest BCUT2D eigenvalue weighted by Crippen LogP contribution is 2.33. The van der Waals surface area contributed by atoms with E-state index in [1.165, 1.54) is 0 Å². The van der Waals surface area contributed by atoms with Gasteiger partial charge in [0.05, 0.1) is 0 Å². The molecule has 0 unspecified atom stereocenters. The summed E-state index contributed by atoms with van der Waals surface area (Å²) in [5.41, 5.74) is -0.118. The quantitative estimate of drug-likeness (QED) is 0.501. The van der Waals surface area contributed by atoms with Gasteiger partial charge in [-0.05, 0) is 25.7 Å². The predicted octanol–water partition coefficient (Wildman–Crippen LogP) is 2.00. The molecular weight excluding hydrogens is 176 g/mol. The highest BCUT2D eigenvalue weighted by molar-refractivity contribution is 6.17. The Balaban J connectivity index is 2.42. The molecule has 1 aliphatic rings. The van der Waals surface area contributed by atoms with Gasteiger partial charge in [-0.15, -0.1) is 11.6 Å². The Bertz CT molecular complexity index is 141. The highest BCUT2D eigenvalue weighted by Gasteiger charge is 2.31. The van der Waals surface area contributed by atoms with Crippen molar-refractivity contribution in [3.05, 3.63) is 0 Å². The first-order chi connectivity index (χ1) is 5.83. The van der Waals surface area contributed by atoms with E-state index in [4.69, 9.17) is 16.3 Å². The van der Waals surface area contributed by atoms with E-state index in [1.807, 2.05) is 0 Å². The summed E-state index contributed by atoms with van der Waals surface area (Å²) in [7, 11) is 0. The molecule has 0 atom stereocenters. The van der Waals surface area contributed by atoms with Crippen molar-refractivity contribution in [1.29, 1.82) is 0 Å². The van der Waals surface area contributed by atoms with Gasteiger partial charge in [-0.25, -0.2) is 0 Å². The maximum atomic E-state index is 10.9. The van der Waals surface area contributed by atoms with E-state index >= 15 is 0 Å². The number of alkyl halides is 1. The van der Waals surface area contributed by atoms with Crippen LogP contribution in [0.5, 0.6) is 0 Å². The first-order valence-electron chi connectivity index (χ1n) is 4.43. The molecule has 1 aliphatic heterocycles. The van der Waals surface area contributed by atoms with Gasteiger partial charge in [-0.2, -0.15) is 0 Å². The van der Waals surface area contributed by atoms with Crippen molar-refractivity contribution in [1.82, 2.24) is 0 Å². The topological polar surface area (TPSA) is 26.3 Å². The van der Waals surface area contributed by atoms with E-state index in [9.17, 15) is 4.79 Å². The maximum absolute atomic E-state index is 10.9. The Kier molecular flexibility index (Phi) is 4.02. The SMILES string of the molecule is O=CC1(CCCCl)CCOCC1. The van der Waals surface area contributed by atoms with Crippen molar-refractivity contribution >= 4 is 17.9 Å². The zero-order valence-corrected chi connectivity index (χ0v) is 7.98. The van der Waals surface area contributed by atoms with Gasteiger partial charge in [0.25, 0.3) is 0 Å². The normalized spacial score (nSPS) is 22.1. The van der Waals surface area contributed by atoms with Crippen molar-refractivity contribution in [2.75, 3.05) is 19.1 Å². The zero-order valence-electron chi connectivity index (χ0n) is 7.22. The zero-order chi connectivity index (χ0) is 8.86. The molecule has 1 heterocycles. The third-order valence-corrected chi connectivity index (χ3v) is 2.81. The van der Waals surface area contributed by atoms with Crippen LogP contribution in [0.15, 0.2) is 0 Å². The molecule has 0 amide bonds. The number of aldehydes is 1. The molecule has 0 aromatic carbocycles. The van der Waals surface area contributed by atoms with Gasteiger partial charge < -0.3 is 9.53 Å². The molecule has 1 saturated heterocycles. The lowest BCUT2D eigenvalue weighted by atomic mass is 9.78. The molecule has 1 rings (SSSR count). The largest absolute Gasteiger partial charge is 0.381 e. The third kappa shape index (κ3) is 2.46.